The van der Waals surface area contributed by atoms with Gasteiger partial charge in [0.05, 0.1) is 6.33 Å². The molecule has 3 fully saturated rings. The summed E-state index contributed by atoms with van der Waals surface area (Å²) in [5.74, 6) is -9.26. The number of hydrogen-bond donors (Lipinski definition) is 2. The molecule has 3 aliphatic heterocycles. The predicted octanol–water partition coefficient (Wildman–Crippen LogP) is -1.76. The lowest BCUT2D eigenvalue weighted by atomic mass is 10.1. The Kier molecular flexibility index (Phi) is 2.50. The maximum atomic E-state index is 13.5. The minimum absolute atomic E-state index is 0.00962. The van der Waals surface area contributed by atoms with Crippen molar-refractivity contribution in [3.8, 4) is 0 Å². The minimum atomic E-state index is -2.36. The maximum absolute atomic E-state index is 13.5. The highest BCUT2D eigenvalue weighted by atomic mass is 19.1. The van der Waals surface area contributed by atoms with Gasteiger partial charge < -0.3 is 20.3 Å². The minimum Gasteiger partial charge on any atom is -0.420 e. The van der Waals surface area contributed by atoms with Gasteiger partial charge in [-0.15, -0.1) is 4.89 Å². The number of rotatable bonds is 2. The summed E-state index contributed by atoms with van der Waals surface area (Å²) in [5.41, 5.74) is 5.43. The maximum Gasteiger partial charge on any atom is 0.413 e. The van der Waals surface area contributed by atoms with E-state index in [1.165, 1.54) is 0 Å². The lowest BCUT2D eigenvalue weighted by molar-refractivity contribution is -0.497. The predicted molar refractivity (Wildman–Crippen MR) is 70.3 cm³/mol. The Morgan fingerprint density at radius 3 is 2.88 bits per heavy atom. The van der Waals surface area contributed by atoms with Crippen LogP contribution < -0.4 is 5.73 Å². The van der Waals surface area contributed by atoms with Crippen molar-refractivity contribution in [2.24, 2.45) is 0 Å². The van der Waals surface area contributed by atoms with Gasteiger partial charge in [0.1, 0.15) is 0 Å². The van der Waals surface area contributed by atoms with Crippen molar-refractivity contribution in [3.05, 3.63) is 12.4 Å². The number of esters is 1. The van der Waals surface area contributed by atoms with Crippen molar-refractivity contribution < 1.29 is 43.1 Å². The number of halogens is 1. The summed E-state index contributed by atoms with van der Waals surface area (Å²) in [7, 11) is 0. The van der Waals surface area contributed by atoms with Crippen molar-refractivity contribution in [3.63, 3.8) is 0 Å². The lowest BCUT2D eigenvalue weighted by Crippen LogP contribution is -2.64. The van der Waals surface area contributed by atoms with Gasteiger partial charge in [-0.2, -0.15) is 14.4 Å². The molecule has 3 aliphatic rings. The quantitative estimate of drug-likeness (QED) is 0.264. The molecule has 14 heteroatoms. The van der Waals surface area contributed by atoms with E-state index < -0.39 is 41.6 Å². The first-order valence-electron chi connectivity index (χ1n) is 7.10. The van der Waals surface area contributed by atoms with Gasteiger partial charge >= 0.3 is 29.6 Å². The van der Waals surface area contributed by atoms with Gasteiger partial charge in [-0.25, -0.2) is 9.78 Å². The van der Waals surface area contributed by atoms with Crippen LogP contribution in [-0.4, -0.2) is 53.9 Å². The number of aromatic nitrogens is 4. The van der Waals surface area contributed by atoms with Gasteiger partial charge in [-0.3, -0.25) is 19.0 Å². The molecule has 4 atom stereocenters. The second-order valence-corrected chi connectivity index (χ2v) is 5.75. The monoisotopic (exact) mass is 369 g/mol. The van der Waals surface area contributed by atoms with E-state index in [1.807, 2.05) is 0 Å². The zero-order valence-electron chi connectivity index (χ0n) is 12.7. The van der Waals surface area contributed by atoms with Gasteiger partial charge in [0.15, 0.2) is 17.0 Å². The highest BCUT2D eigenvalue weighted by Crippen LogP contribution is 2.69. The number of anilines is 1. The summed E-state index contributed by atoms with van der Waals surface area (Å²) >= 11 is 0. The van der Waals surface area contributed by atoms with Gasteiger partial charge in [0.25, 0.3) is 5.79 Å². The molecule has 0 amide bonds. The van der Waals surface area contributed by atoms with Crippen LogP contribution in [0.1, 0.15) is 13.2 Å². The van der Waals surface area contributed by atoms with Crippen molar-refractivity contribution in [1.29, 1.82) is 0 Å². The number of carbonyl (C=O) groups is 2. The molecule has 1 spiro atoms. The van der Waals surface area contributed by atoms with Crippen LogP contribution >= 0.6 is 0 Å². The second-order valence-electron chi connectivity index (χ2n) is 5.75. The molecule has 2 aromatic heterocycles. The number of hydrogen-bond acceptors (Lipinski definition) is 12. The Labute approximate surface area is 141 Å². The van der Waals surface area contributed by atoms with Crippen molar-refractivity contribution >= 4 is 28.9 Å². The van der Waals surface area contributed by atoms with Crippen LogP contribution in [0.5, 0.6) is 0 Å². The largest absolute Gasteiger partial charge is 0.420 e. The second kappa shape index (κ2) is 4.24. The molecule has 3 saturated heterocycles. The van der Waals surface area contributed by atoms with Crippen LogP contribution in [-0.2, 0) is 33.6 Å². The molecule has 0 unspecified atom stereocenters. The number of ether oxygens (including phenoxy) is 3. The molecule has 13 nitrogen and oxygen atoms in total. The molecule has 136 valence electrons. The van der Waals surface area contributed by atoms with E-state index in [0.717, 1.165) is 17.8 Å². The Hall–Kier alpha value is -2.94. The fraction of sp³-hybridized carbons (Fsp3) is 0.417. The average molecular weight is 369 g/mol. The molecule has 0 aromatic carbocycles. The van der Waals surface area contributed by atoms with E-state index in [4.69, 9.17) is 24.8 Å². The smallest absolute Gasteiger partial charge is 0.413 e. The Balaban J connectivity index is 1.66. The van der Waals surface area contributed by atoms with Crippen molar-refractivity contribution in [2.75, 3.05) is 5.73 Å². The van der Waals surface area contributed by atoms with E-state index >= 15 is 0 Å². The van der Waals surface area contributed by atoms with Gasteiger partial charge in [0, 0.05) is 6.92 Å². The number of epoxide rings is 1. The standard InChI is InChI=1S/C12H8FN5O8/c1-3(19)22-12-10(21,25-12)7(23-11(12)8(20)24-26-11)18-2-15-4-5(14)16-9(13)17-6(4)18/h2,7,21H,1H3,(H2,14,16,17)/t7-,10-,11+,12-/m1/s1. The van der Waals surface area contributed by atoms with Crippen molar-refractivity contribution in [1.82, 2.24) is 19.5 Å². The third-order valence-electron chi connectivity index (χ3n) is 4.24. The average Bonchev–Trinajstić information content (AvgIpc) is 2.87. The number of carbonyl (C=O) groups excluding carboxylic acids is 2. The molecule has 3 N–H and O–H groups in total. The molecule has 0 bridgehead atoms. The SMILES string of the molecule is CC(=O)O[C@@]12O[C@]1(O)[C@H](n1cnc3c(N)nc(F)nc31)O[C@@]21OOC1=O. The summed E-state index contributed by atoms with van der Waals surface area (Å²) in [6.07, 6.45) is -1.62. The molecule has 5 rings (SSSR count). The van der Waals surface area contributed by atoms with Gasteiger partial charge in [-0.1, -0.05) is 0 Å². The lowest BCUT2D eigenvalue weighted by Gasteiger charge is -2.35. The van der Waals surface area contributed by atoms with Crippen LogP contribution in [0.15, 0.2) is 6.33 Å². The topological polar surface area (TPSA) is 173 Å². The van der Waals surface area contributed by atoms with Crippen LogP contribution in [0.3, 0.4) is 0 Å². The summed E-state index contributed by atoms with van der Waals surface area (Å²) in [5, 5.41) is 10.8. The fourth-order valence-corrected chi connectivity index (χ4v) is 3.12. The summed E-state index contributed by atoms with van der Waals surface area (Å²) < 4.78 is 30.1. The fourth-order valence-electron chi connectivity index (χ4n) is 3.12. The number of nitrogen functional groups attached to an aromatic ring is 1. The Morgan fingerprint density at radius 1 is 1.50 bits per heavy atom. The number of nitrogens with zero attached hydrogens (tertiary/aromatic N) is 4. The first-order chi connectivity index (χ1) is 12.2. The van der Waals surface area contributed by atoms with Crippen LogP contribution in [0, 0.1) is 6.08 Å². The zero-order chi connectivity index (χ0) is 18.5. The Bertz CT molecular complexity index is 1010. The Morgan fingerprint density at radius 2 is 2.27 bits per heavy atom. The third kappa shape index (κ3) is 1.46. The van der Waals surface area contributed by atoms with Gasteiger partial charge in [0.2, 0.25) is 6.23 Å². The van der Waals surface area contributed by atoms with Crippen LogP contribution in [0.25, 0.3) is 11.2 Å². The van der Waals surface area contributed by atoms with E-state index in [9.17, 15) is 19.1 Å². The summed E-state index contributed by atoms with van der Waals surface area (Å²) in [6, 6.07) is 0. The molecule has 26 heavy (non-hydrogen) atoms. The first kappa shape index (κ1) is 15.3. The highest BCUT2D eigenvalue weighted by molar-refractivity contribution is 5.85. The molecule has 0 aliphatic carbocycles. The normalized spacial score (nSPS) is 37.3. The molecule has 2 aromatic rings. The number of imidazole rings is 1. The summed E-state index contributed by atoms with van der Waals surface area (Å²) in [6.45, 7) is 1.03. The van der Waals surface area contributed by atoms with E-state index in [2.05, 4.69) is 19.8 Å². The van der Waals surface area contributed by atoms with Crippen molar-refractivity contribution in [2.45, 2.75) is 30.5 Å². The number of nitrogens with two attached hydrogens (primary N) is 1. The number of fused-ring (bicyclic) bond motifs is 3. The van der Waals surface area contributed by atoms with Crippen LogP contribution in [0.4, 0.5) is 10.2 Å². The molecule has 5 heterocycles. The van der Waals surface area contributed by atoms with Gasteiger partial charge in [-0.05, 0) is 0 Å². The van der Waals surface area contributed by atoms with Crippen LogP contribution in [0.2, 0.25) is 0 Å². The zero-order valence-corrected chi connectivity index (χ0v) is 12.7. The number of aliphatic hydroxyl groups is 1. The molecule has 0 radical (unpaired) electrons. The van der Waals surface area contributed by atoms with E-state index in [1.54, 1.807) is 0 Å². The first-order valence-corrected chi connectivity index (χ1v) is 7.10. The third-order valence-corrected chi connectivity index (χ3v) is 4.24. The summed E-state index contributed by atoms with van der Waals surface area (Å²) in [4.78, 5) is 43.1. The molecule has 0 saturated carbocycles. The molecular weight excluding hydrogens is 361 g/mol. The molecular formula is C12H8FN5O8. The van der Waals surface area contributed by atoms with E-state index in [0.29, 0.717) is 0 Å². The highest BCUT2D eigenvalue weighted by Gasteiger charge is 3.00. The van der Waals surface area contributed by atoms with E-state index in [-0.39, 0.29) is 17.0 Å².